The Kier molecular flexibility index (Phi) is 3.49. The van der Waals surface area contributed by atoms with Gasteiger partial charge in [0, 0.05) is 18.4 Å². The van der Waals surface area contributed by atoms with E-state index in [2.05, 4.69) is 28.4 Å². The normalized spacial score (nSPS) is 16.9. The summed E-state index contributed by atoms with van der Waals surface area (Å²) in [5.74, 6) is 1.78. The van der Waals surface area contributed by atoms with E-state index in [0.29, 0.717) is 6.04 Å². The summed E-state index contributed by atoms with van der Waals surface area (Å²) in [6, 6.07) is 6.48. The second-order valence-electron chi connectivity index (χ2n) is 5.43. The van der Waals surface area contributed by atoms with Gasteiger partial charge in [-0.1, -0.05) is 19.3 Å². The lowest BCUT2D eigenvalue weighted by molar-refractivity contribution is 0.286. The van der Waals surface area contributed by atoms with Gasteiger partial charge in [0.2, 0.25) is 0 Å². The molecule has 0 aliphatic heterocycles. The summed E-state index contributed by atoms with van der Waals surface area (Å²) in [5, 5.41) is 7.69. The minimum absolute atomic E-state index is 0.516. The molecular weight excluding hydrogens is 236 g/mol. The highest BCUT2D eigenvalue weighted by Gasteiger charge is 2.19. The highest BCUT2D eigenvalue weighted by molar-refractivity contribution is 5.44. The molecule has 1 fully saturated rings. The van der Waals surface area contributed by atoms with E-state index in [4.69, 9.17) is 0 Å². The predicted octanol–water partition coefficient (Wildman–Crippen LogP) is 3.26. The second kappa shape index (κ2) is 5.43. The van der Waals surface area contributed by atoms with E-state index < -0.39 is 0 Å². The standard InChI is InChI=1S/C15H20N4/c1-12(10-13-4-2-5-13)18-14-6-7-15(16-11-14)19-9-3-8-17-19/h3,6-9,11-13,18H,2,4-5,10H2,1H3. The van der Waals surface area contributed by atoms with Gasteiger partial charge >= 0.3 is 0 Å². The van der Waals surface area contributed by atoms with E-state index in [1.165, 1.54) is 25.7 Å². The molecule has 0 aromatic carbocycles. The fourth-order valence-electron chi connectivity index (χ4n) is 2.58. The Balaban J connectivity index is 1.59. The summed E-state index contributed by atoms with van der Waals surface area (Å²) in [6.45, 7) is 2.25. The van der Waals surface area contributed by atoms with Gasteiger partial charge in [-0.15, -0.1) is 0 Å². The second-order valence-corrected chi connectivity index (χ2v) is 5.43. The average Bonchev–Trinajstić information content (AvgIpc) is 2.89. The van der Waals surface area contributed by atoms with Crippen molar-refractivity contribution < 1.29 is 0 Å². The van der Waals surface area contributed by atoms with Crippen LogP contribution in [0.1, 0.15) is 32.6 Å². The number of anilines is 1. The van der Waals surface area contributed by atoms with Crippen LogP contribution in [-0.4, -0.2) is 20.8 Å². The first kappa shape index (κ1) is 12.2. The molecule has 2 heterocycles. The van der Waals surface area contributed by atoms with E-state index in [9.17, 15) is 0 Å². The van der Waals surface area contributed by atoms with E-state index in [1.807, 2.05) is 24.5 Å². The van der Waals surface area contributed by atoms with Crippen molar-refractivity contribution in [2.24, 2.45) is 5.92 Å². The third-order valence-electron chi connectivity index (χ3n) is 3.81. The third-order valence-corrected chi connectivity index (χ3v) is 3.81. The van der Waals surface area contributed by atoms with Gasteiger partial charge in [0.25, 0.3) is 0 Å². The van der Waals surface area contributed by atoms with Gasteiger partial charge < -0.3 is 5.32 Å². The topological polar surface area (TPSA) is 42.7 Å². The van der Waals surface area contributed by atoms with Crippen molar-refractivity contribution in [2.75, 3.05) is 5.32 Å². The van der Waals surface area contributed by atoms with Gasteiger partial charge in [-0.25, -0.2) is 9.67 Å². The zero-order chi connectivity index (χ0) is 13.1. The Morgan fingerprint density at radius 2 is 2.32 bits per heavy atom. The molecule has 100 valence electrons. The summed E-state index contributed by atoms with van der Waals surface area (Å²) in [4.78, 5) is 4.43. The maximum absolute atomic E-state index is 4.43. The van der Waals surface area contributed by atoms with E-state index in [1.54, 1.807) is 10.9 Å². The van der Waals surface area contributed by atoms with Crippen LogP contribution in [0.3, 0.4) is 0 Å². The molecule has 0 amide bonds. The number of aromatic nitrogens is 3. The highest BCUT2D eigenvalue weighted by atomic mass is 15.3. The molecular formula is C15H20N4. The zero-order valence-electron chi connectivity index (χ0n) is 11.3. The molecule has 1 unspecified atom stereocenters. The van der Waals surface area contributed by atoms with Crippen molar-refractivity contribution in [2.45, 2.75) is 38.6 Å². The van der Waals surface area contributed by atoms with Crippen LogP contribution >= 0.6 is 0 Å². The molecule has 1 saturated carbocycles. The van der Waals surface area contributed by atoms with Crippen LogP contribution in [0.4, 0.5) is 5.69 Å². The first-order chi connectivity index (χ1) is 9.31. The average molecular weight is 256 g/mol. The Labute approximate surface area is 113 Å². The predicted molar refractivity (Wildman–Crippen MR) is 76.4 cm³/mol. The molecule has 1 N–H and O–H groups in total. The third kappa shape index (κ3) is 2.95. The van der Waals surface area contributed by atoms with Crippen LogP contribution in [0.25, 0.3) is 5.82 Å². The lowest BCUT2D eigenvalue weighted by Crippen LogP contribution is -2.23. The van der Waals surface area contributed by atoms with E-state index >= 15 is 0 Å². The van der Waals surface area contributed by atoms with Crippen molar-refractivity contribution in [1.29, 1.82) is 0 Å². The highest BCUT2D eigenvalue weighted by Crippen LogP contribution is 2.31. The Hall–Kier alpha value is -1.84. The molecule has 1 aliphatic rings. The number of nitrogens with zero attached hydrogens (tertiary/aromatic N) is 3. The number of hydrogen-bond acceptors (Lipinski definition) is 3. The number of nitrogens with one attached hydrogen (secondary N) is 1. The summed E-state index contributed by atoms with van der Waals surface area (Å²) in [5.41, 5.74) is 1.09. The maximum atomic E-state index is 4.43. The Morgan fingerprint density at radius 3 is 2.89 bits per heavy atom. The maximum Gasteiger partial charge on any atom is 0.153 e. The quantitative estimate of drug-likeness (QED) is 0.893. The smallest absolute Gasteiger partial charge is 0.153 e. The van der Waals surface area contributed by atoms with Gasteiger partial charge in [0.1, 0.15) is 0 Å². The molecule has 1 atom stereocenters. The Morgan fingerprint density at radius 1 is 1.42 bits per heavy atom. The monoisotopic (exact) mass is 256 g/mol. The SMILES string of the molecule is CC(CC1CCC1)Nc1ccc(-n2cccn2)nc1. The van der Waals surface area contributed by atoms with E-state index in [-0.39, 0.29) is 0 Å². The zero-order valence-corrected chi connectivity index (χ0v) is 11.3. The molecule has 3 rings (SSSR count). The summed E-state index contributed by atoms with van der Waals surface area (Å²) < 4.78 is 1.77. The molecule has 0 radical (unpaired) electrons. The van der Waals surface area contributed by atoms with Crippen LogP contribution in [0.2, 0.25) is 0 Å². The fourth-order valence-corrected chi connectivity index (χ4v) is 2.58. The van der Waals surface area contributed by atoms with Crippen LogP contribution in [-0.2, 0) is 0 Å². The summed E-state index contributed by atoms with van der Waals surface area (Å²) in [7, 11) is 0. The molecule has 2 aromatic heterocycles. The fraction of sp³-hybridized carbons (Fsp3) is 0.467. The molecule has 0 saturated heterocycles. The van der Waals surface area contributed by atoms with Crippen LogP contribution in [0, 0.1) is 5.92 Å². The number of pyridine rings is 1. The van der Waals surface area contributed by atoms with Crippen molar-refractivity contribution in [1.82, 2.24) is 14.8 Å². The molecule has 0 spiro atoms. The van der Waals surface area contributed by atoms with Crippen molar-refractivity contribution >= 4 is 5.69 Å². The minimum Gasteiger partial charge on any atom is -0.381 e. The van der Waals surface area contributed by atoms with Crippen LogP contribution < -0.4 is 5.32 Å². The minimum atomic E-state index is 0.516. The molecule has 19 heavy (non-hydrogen) atoms. The van der Waals surface area contributed by atoms with E-state index in [0.717, 1.165) is 17.4 Å². The summed E-state index contributed by atoms with van der Waals surface area (Å²) in [6.07, 6.45) is 11.0. The van der Waals surface area contributed by atoms with Crippen LogP contribution in [0.15, 0.2) is 36.8 Å². The molecule has 4 heteroatoms. The largest absolute Gasteiger partial charge is 0.381 e. The first-order valence-corrected chi connectivity index (χ1v) is 7.04. The van der Waals surface area contributed by atoms with Crippen molar-refractivity contribution in [3.05, 3.63) is 36.8 Å². The lowest BCUT2D eigenvalue weighted by Gasteiger charge is -2.28. The van der Waals surface area contributed by atoms with Crippen molar-refractivity contribution in [3.8, 4) is 5.82 Å². The van der Waals surface area contributed by atoms with Gasteiger partial charge in [-0.2, -0.15) is 5.10 Å². The van der Waals surface area contributed by atoms with Crippen LogP contribution in [0.5, 0.6) is 0 Å². The van der Waals surface area contributed by atoms with Gasteiger partial charge in [-0.05, 0) is 37.5 Å². The molecule has 4 nitrogen and oxygen atoms in total. The van der Waals surface area contributed by atoms with Gasteiger partial charge in [0.05, 0.1) is 11.9 Å². The molecule has 2 aromatic rings. The van der Waals surface area contributed by atoms with Gasteiger partial charge in [0.15, 0.2) is 5.82 Å². The first-order valence-electron chi connectivity index (χ1n) is 7.04. The number of hydrogen-bond donors (Lipinski definition) is 1. The summed E-state index contributed by atoms with van der Waals surface area (Å²) >= 11 is 0. The van der Waals surface area contributed by atoms with Crippen molar-refractivity contribution in [3.63, 3.8) is 0 Å². The Bertz CT molecular complexity index is 499. The number of rotatable bonds is 5. The van der Waals surface area contributed by atoms with Gasteiger partial charge in [-0.3, -0.25) is 0 Å². The molecule has 0 bridgehead atoms. The molecule has 1 aliphatic carbocycles. The lowest BCUT2D eigenvalue weighted by atomic mass is 9.81.